The van der Waals surface area contributed by atoms with Gasteiger partial charge in [-0.3, -0.25) is 0 Å². The van der Waals surface area contributed by atoms with Gasteiger partial charge in [0.15, 0.2) is 12.6 Å². The Bertz CT molecular complexity index is 397. The molecule has 0 bridgehead atoms. The zero-order chi connectivity index (χ0) is 24.4. The van der Waals surface area contributed by atoms with Gasteiger partial charge in [-0.25, -0.2) is 0 Å². The highest BCUT2D eigenvalue weighted by molar-refractivity contribution is 4.67. The molecule has 0 aromatic heterocycles. The molecule has 0 heterocycles. The minimum absolute atomic E-state index is 0.355. The smallest absolute Gasteiger partial charge is 0.156 e. The van der Waals surface area contributed by atoms with E-state index >= 15 is 0 Å². The third-order valence-corrected chi connectivity index (χ3v) is 6.03. The standard InChI is InChI=1S/C28H55NO4/c1-4-7-8-9-10-11-12-13-14-15-16-17-18-19-22-29(23-20-27(30)32-25-5-2)24-21-28(31)33-26-6-3/h5-6,27-28,30-31H,2-4,7-26H2,1H3. The summed E-state index contributed by atoms with van der Waals surface area (Å²) in [6.07, 6.45) is 21.8. The summed E-state index contributed by atoms with van der Waals surface area (Å²) >= 11 is 0. The molecular formula is C28H55NO4. The van der Waals surface area contributed by atoms with Gasteiger partial charge in [-0.2, -0.15) is 0 Å². The second kappa shape index (κ2) is 25.9. The highest BCUT2D eigenvalue weighted by Crippen LogP contribution is 2.13. The second-order valence-electron chi connectivity index (χ2n) is 9.17. The fourth-order valence-corrected chi connectivity index (χ4v) is 3.98. The van der Waals surface area contributed by atoms with E-state index in [9.17, 15) is 10.2 Å². The maximum Gasteiger partial charge on any atom is 0.156 e. The van der Waals surface area contributed by atoms with Gasteiger partial charge in [0.1, 0.15) is 0 Å². The van der Waals surface area contributed by atoms with Gasteiger partial charge in [0.25, 0.3) is 0 Å². The van der Waals surface area contributed by atoms with Crippen LogP contribution in [0.5, 0.6) is 0 Å². The SMILES string of the molecule is C=CCOC(O)CCN(CCCCCCCCCCCCCCCC)CCC(O)OCC=C. The lowest BCUT2D eigenvalue weighted by atomic mass is 10.0. The number of ether oxygens (including phenoxy) is 2. The first-order valence-corrected chi connectivity index (χ1v) is 13.7. The van der Waals surface area contributed by atoms with E-state index in [2.05, 4.69) is 25.0 Å². The minimum atomic E-state index is -0.774. The van der Waals surface area contributed by atoms with Crippen LogP contribution in [0.3, 0.4) is 0 Å². The summed E-state index contributed by atoms with van der Waals surface area (Å²) in [5.41, 5.74) is 0. The molecular weight excluding hydrogens is 414 g/mol. The van der Waals surface area contributed by atoms with Crippen molar-refractivity contribution < 1.29 is 19.7 Å². The van der Waals surface area contributed by atoms with Crippen LogP contribution in [0.1, 0.15) is 110 Å². The second-order valence-corrected chi connectivity index (χ2v) is 9.17. The van der Waals surface area contributed by atoms with Crippen LogP contribution in [0.4, 0.5) is 0 Å². The molecule has 0 saturated heterocycles. The van der Waals surface area contributed by atoms with Crippen molar-refractivity contribution in [1.82, 2.24) is 4.90 Å². The number of unbranched alkanes of at least 4 members (excludes halogenated alkanes) is 13. The lowest BCUT2D eigenvalue weighted by molar-refractivity contribution is -0.103. The quantitative estimate of drug-likeness (QED) is 0.0807. The first kappa shape index (κ1) is 32.3. The van der Waals surface area contributed by atoms with Crippen molar-refractivity contribution in [3.05, 3.63) is 25.3 Å². The summed E-state index contributed by atoms with van der Waals surface area (Å²) in [7, 11) is 0. The Morgan fingerprint density at radius 1 is 0.606 bits per heavy atom. The Labute approximate surface area is 205 Å². The molecule has 5 nitrogen and oxygen atoms in total. The monoisotopic (exact) mass is 469 g/mol. The summed E-state index contributed by atoms with van der Waals surface area (Å²) in [5, 5.41) is 19.9. The topological polar surface area (TPSA) is 62.2 Å². The van der Waals surface area contributed by atoms with Crippen LogP contribution in [-0.4, -0.2) is 60.5 Å². The van der Waals surface area contributed by atoms with E-state index in [-0.39, 0.29) is 0 Å². The Morgan fingerprint density at radius 3 is 1.33 bits per heavy atom. The predicted octanol–water partition coefficient (Wildman–Crippen LogP) is 6.59. The Hall–Kier alpha value is -0.720. The fourth-order valence-electron chi connectivity index (χ4n) is 3.98. The molecule has 2 unspecified atom stereocenters. The summed E-state index contributed by atoms with van der Waals surface area (Å²) < 4.78 is 10.5. The molecule has 0 aliphatic rings. The molecule has 0 radical (unpaired) electrons. The van der Waals surface area contributed by atoms with Crippen molar-refractivity contribution in [2.24, 2.45) is 0 Å². The maximum absolute atomic E-state index is 9.94. The average molecular weight is 470 g/mol. The van der Waals surface area contributed by atoms with Crippen LogP contribution in [-0.2, 0) is 9.47 Å². The number of aliphatic hydroxyl groups is 2. The highest BCUT2D eigenvalue weighted by Gasteiger charge is 2.12. The molecule has 0 aromatic rings. The largest absolute Gasteiger partial charge is 0.368 e. The molecule has 2 atom stereocenters. The number of hydrogen-bond acceptors (Lipinski definition) is 5. The van der Waals surface area contributed by atoms with E-state index in [4.69, 9.17) is 9.47 Å². The molecule has 0 fully saturated rings. The Balaban J connectivity index is 3.85. The number of hydrogen-bond donors (Lipinski definition) is 2. The lowest BCUT2D eigenvalue weighted by Gasteiger charge is -2.24. The number of rotatable bonds is 27. The molecule has 0 saturated carbocycles. The van der Waals surface area contributed by atoms with Crippen LogP contribution >= 0.6 is 0 Å². The summed E-state index contributed by atoms with van der Waals surface area (Å²) in [4.78, 5) is 2.29. The van der Waals surface area contributed by atoms with Crippen LogP contribution in [0.2, 0.25) is 0 Å². The van der Waals surface area contributed by atoms with E-state index in [0.717, 1.165) is 26.1 Å². The van der Waals surface area contributed by atoms with Gasteiger partial charge >= 0.3 is 0 Å². The maximum atomic E-state index is 9.94. The van der Waals surface area contributed by atoms with Crippen molar-refractivity contribution in [2.75, 3.05) is 32.8 Å². The van der Waals surface area contributed by atoms with Crippen LogP contribution in [0.25, 0.3) is 0 Å². The average Bonchev–Trinajstić information content (AvgIpc) is 2.82. The molecule has 0 aromatic carbocycles. The van der Waals surface area contributed by atoms with E-state index < -0.39 is 12.6 Å². The first-order chi connectivity index (χ1) is 16.1. The summed E-state index contributed by atoms with van der Waals surface area (Å²) in [6, 6.07) is 0. The molecule has 33 heavy (non-hydrogen) atoms. The molecule has 196 valence electrons. The van der Waals surface area contributed by atoms with Gasteiger partial charge in [-0.05, 0) is 13.0 Å². The van der Waals surface area contributed by atoms with Gasteiger partial charge in [-0.15, -0.1) is 13.2 Å². The van der Waals surface area contributed by atoms with Crippen molar-refractivity contribution in [2.45, 2.75) is 122 Å². The molecule has 0 spiro atoms. The van der Waals surface area contributed by atoms with E-state index in [1.54, 1.807) is 12.2 Å². The van der Waals surface area contributed by atoms with Gasteiger partial charge in [-0.1, -0.05) is 103 Å². The van der Waals surface area contributed by atoms with E-state index in [1.165, 1.54) is 83.5 Å². The zero-order valence-electron chi connectivity index (χ0n) is 21.7. The van der Waals surface area contributed by atoms with E-state index in [0.29, 0.717) is 26.1 Å². The van der Waals surface area contributed by atoms with Gasteiger partial charge in [0.05, 0.1) is 13.2 Å². The Kier molecular flexibility index (Phi) is 25.3. The first-order valence-electron chi connectivity index (χ1n) is 13.7. The minimum Gasteiger partial charge on any atom is -0.368 e. The number of nitrogens with zero attached hydrogens (tertiary/aromatic N) is 1. The third-order valence-electron chi connectivity index (χ3n) is 6.03. The van der Waals surface area contributed by atoms with Crippen LogP contribution in [0, 0.1) is 0 Å². The van der Waals surface area contributed by atoms with Gasteiger partial charge in [0, 0.05) is 25.9 Å². The molecule has 0 aliphatic heterocycles. The van der Waals surface area contributed by atoms with Crippen molar-refractivity contribution in [1.29, 1.82) is 0 Å². The van der Waals surface area contributed by atoms with Crippen molar-refractivity contribution in [3.63, 3.8) is 0 Å². The molecule has 5 heteroatoms. The Morgan fingerprint density at radius 2 is 0.970 bits per heavy atom. The zero-order valence-corrected chi connectivity index (χ0v) is 21.7. The normalized spacial score (nSPS) is 13.3. The van der Waals surface area contributed by atoms with Crippen molar-refractivity contribution in [3.8, 4) is 0 Å². The fraction of sp³-hybridized carbons (Fsp3) is 0.857. The van der Waals surface area contributed by atoms with Crippen molar-refractivity contribution >= 4 is 0 Å². The lowest BCUT2D eigenvalue weighted by Crippen LogP contribution is -2.32. The van der Waals surface area contributed by atoms with Gasteiger partial charge in [0.2, 0.25) is 0 Å². The van der Waals surface area contributed by atoms with Crippen LogP contribution < -0.4 is 0 Å². The molecule has 0 aliphatic carbocycles. The van der Waals surface area contributed by atoms with Crippen LogP contribution in [0.15, 0.2) is 25.3 Å². The van der Waals surface area contributed by atoms with Gasteiger partial charge < -0.3 is 24.6 Å². The predicted molar refractivity (Wildman–Crippen MR) is 140 cm³/mol. The van der Waals surface area contributed by atoms with E-state index in [1.807, 2.05) is 0 Å². The highest BCUT2D eigenvalue weighted by atomic mass is 16.6. The molecule has 2 N–H and O–H groups in total. The number of aliphatic hydroxyl groups excluding tert-OH is 2. The molecule has 0 amide bonds. The summed E-state index contributed by atoms with van der Waals surface area (Å²) in [5.74, 6) is 0. The molecule has 0 rings (SSSR count). The third kappa shape index (κ3) is 24.2. The summed E-state index contributed by atoms with van der Waals surface area (Å²) in [6.45, 7) is 12.7.